The Bertz CT molecular complexity index is 1440. The van der Waals surface area contributed by atoms with Gasteiger partial charge in [0, 0.05) is 30.1 Å². The number of nitro benzene ring substituents is 1. The molecule has 4 rings (SSSR count). The first-order chi connectivity index (χ1) is 20.0. The fraction of sp³-hybridized carbons (Fsp3) is 0.484. The van der Waals surface area contributed by atoms with E-state index in [-0.39, 0.29) is 23.4 Å². The van der Waals surface area contributed by atoms with E-state index in [9.17, 15) is 19.7 Å². The van der Waals surface area contributed by atoms with Crippen molar-refractivity contribution in [2.75, 3.05) is 26.8 Å². The SMILES string of the molecule is COC(=O)C1=C(C)NC(C)=C(C(=O)OCCC2CCN(Cc3nc(C)c(C)nc3C)CC2)C1c1cccc([N+](=O)[O-])c1. The van der Waals surface area contributed by atoms with Crippen LogP contribution in [0.2, 0.25) is 0 Å². The first-order valence-electron chi connectivity index (χ1n) is 14.2. The predicted octanol–water partition coefficient (Wildman–Crippen LogP) is 4.56. The number of allylic oxidation sites excluding steroid dienone is 2. The lowest BCUT2D eigenvalue weighted by Gasteiger charge is -2.32. The number of carbonyl (C=O) groups excluding carboxylic acids is 2. The van der Waals surface area contributed by atoms with Gasteiger partial charge in [0.2, 0.25) is 0 Å². The summed E-state index contributed by atoms with van der Waals surface area (Å²) in [6, 6.07) is 5.96. The normalized spacial score (nSPS) is 18.1. The maximum atomic E-state index is 13.5. The molecule has 42 heavy (non-hydrogen) atoms. The molecule has 2 aromatic rings. The van der Waals surface area contributed by atoms with E-state index in [2.05, 4.69) is 15.2 Å². The lowest BCUT2D eigenvalue weighted by Crippen LogP contribution is -2.34. The number of hydrogen-bond acceptors (Lipinski definition) is 10. The van der Waals surface area contributed by atoms with Crippen LogP contribution < -0.4 is 5.32 Å². The highest BCUT2D eigenvalue weighted by atomic mass is 16.6. The molecule has 1 aromatic heterocycles. The van der Waals surface area contributed by atoms with E-state index in [1.54, 1.807) is 19.9 Å². The molecule has 1 unspecified atom stereocenters. The Hall–Kier alpha value is -4.12. The smallest absolute Gasteiger partial charge is 0.336 e. The van der Waals surface area contributed by atoms with Gasteiger partial charge in [-0.25, -0.2) is 9.59 Å². The Morgan fingerprint density at radius 1 is 1.00 bits per heavy atom. The Labute approximate surface area is 246 Å². The van der Waals surface area contributed by atoms with E-state index >= 15 is 0 Å². The molecule has 2 aliphatic rings. The first-order valence-corrected chi connectivity index (χ1v) is 14.2. The average Bonchev–Trinajstić information content (AvgIpc) is 2.96. The summed E-state index contributed by atoms with van der Waals surface area (Å²) in [6.45, 7) is 12.3. The molecule has 11 nitrogen and oxygen atoms in total. The quantitative estimate of drug-likeness (QED) is 0.256. The van der Waals surface area contributed by atoms with E-state index in [0.717, 1.165) is 61.7 Å². The summed E-state index contributed by atoms with van der Waals surface area (Å²) in [5.74, 6) is -1.64. The molecule has 224 valence electrons. The molecule has 1 fully saturated rings. The number of nitrogens with one attached hydrogen (secondary N) is 1. The third-order valence-electron chi connectivity index (χ3n) is 8.22. The van der Waals surface area contributed by atoms with Gasteiger partial charge in [-0.15, -0.1) is 0 Å². The van der Waals surface area contributed by atoms with Crippen LogP contribution in [-0.4, -0.2) is 58.5 Å². The molecule has 3 heterocycles. The van der Waals surface area contributed by atoms with Gasteiger partial charge in [-0.1, -0.05) is 12.1 Å². The predicted molar refractivity (Wildman–Crippen MR) is 156 cm³/mol. The summed E-state index contributed by atoms with van der Waals surface area (Å²) in [5, 5.41) is 14.6. The molecule has 11 heteroatoms. The molecule has 1 N–H and O–H groups in total. The van der Waals surface area contributed by atoms with Crippen LogP contribution in [0.25, 0.3) is 0 Å². The maximum Gasteiger partial charge on any atom is 0.336 e. The van der Waals surface area contributed by atoms with Gasteiger partial charge in [-0.3, -0.25) is 25.0 Å². The van der Waals surface area contributed by atoms with Gasteiger partial charge in [-0.2, -0.15) is 0 Å². The van der Waals surface area contributed by atoms with Crippen molar-refractivity contribution >= 4 is 17.6 Å². The van der Waals surface area contributed by atoms with Gasteiger partial charge in [0.15, 0.2) is 0 Å². The Morgan fingerprint density at radius 3 is 2.29 bits per heavy atom. The standard InChI is InChI=1S/C31H39N5O6/c1-18-19(2)34-26(20(3)32-18)17-35-13-10-23(11-14-35)12-15-42-31(38)28-22(5)33-21(4)27(30(37)41-6)29(28)24-8-7-9-25(16-24)36(39)40/h7-9,16,23,29,33H,10-15,17H2,1-6H3. The van der Waals surface area contributed by atoms with Crippen LogP contribution in [0, 0.1) is 36.8 Å². The van der Waals surface area contributed by atoms with Gasteiger partial charge in [0.25, 0.3) is 5.69 Å². The number of benzene rings is 1. The lowest BCUT2D eigenvalue weighted by molar-refractivity contribution is -0.384. The van der Waals surface area contributed by atoms with Crippen LogP contribution in [0.15, 0.2) is 46.8 Å². The molecule has 0 radical (unpaired) electrons. The molecular formula is C31H39N5O6. The number of ether oxygens (including phenoxy) is 2. The average molecular weight is 578 g/mol. The van der Waals surface area contributed by atoms with Crippen molar-refractivity contribution in [3.05, 3.63) is 85.3 Å². The van der Waals surface area contributed by atoms with E-state index in [0.29, 0.717) is 22.9 Å². The number of non-ortho nitro benzene ring substituents is 1. The van der Waals surface area contributed by atoms with Crippen LogP contribution in [0.4, 0.5) is 5.69 Å². The summed E-state index contributed by atoms with van der Waals surface area (Å²) in [4.78, 5) is 49.0. The van der Waals surface area contributed by atoms with Gasteiger partial charge in [-0.05, 0) is 78.5 Å². The summed E-state index contributed by atoms with van der Waals surface area (Å²) >= 11 is 0. The first kappa shape index (κ1) is 30.8. The molecule has 2 aliphatic heterocycles. The number of nitrogens with zero attached hydrogens (tertiary/aromatic N) is 4. The maximum absolute atomic E-state index is 13.5. The molecular weight excluding hydrogens is 538 g/mol. The third kappa shape index (κ3) is 6.84. The molecule has 0 amide bonds. The molecule has 1 atom stereocenters. The number of nitro groups is 1. The number of aryl methyl sites for hydroxylation is 3. The summed E-state index contributed by atoms with van der Waals surface area (Å²) in [5.41, 5.74) is 5.71. The van der Waals surface area contributed by atoms with Crippen LogP contribution in [0.3, 0.4) is 0 Å². The molecule has 0 spiro atoms. The number of rotatable bonds is 9. The van der Waals surface area contributed by atoms with Crippen LogP contribution in [0.5, 0.6) is 0 Å². The van der Waals surface area contributed by atoms with Crippen molar-refractivity contribution in [1.82, 2.24) is 20.2 Å². The van der Waals surface area contributed by atoms with Crippen molar-refractivity contribution in [2.45, 2.75) is 66.3 Å². The highest BCUT2D eigenvalue weighted by molar-refractivity contribution is 5.99. The number of dihydropyridines is 1. The zero-order valence-corrected chi connectivity index (χ0v) is 25.2. The lowest BCUT2D eigenvalue weighted by atomic mass is 9.80. The number of aromatic nitrogens is 2. The topological polar surface area (TPSA) is 137 Å². The number of methoxy groups -OCH3 is 1. The van der Waals surface area contributed by atoms with Gasteiger partial charge < -0.3 is 14.8 Å². The number of likely N-dealkylation sites (tertiary alicyclic amines) is 1. The summed E-state index contributed by atoms with van der Waals surface area (Å²) in [7, 11) is 1.26. The zero-order valence-electron chi connectivity index (χ0n) is 25.2. The molecule has 0 aliphatic carbocycles. The molecule has 0 bridgehead atoms. The van der Waals surface area contributed by atoms with Crippen LogP contribution in [-0.2, 0) is 25.6 Å². The number of piperidine rings is 1. The van der Waals surface area contributed by atoms with E-state index in [4.69, 9.17) is 14.5 Å². The van der Waals surface area contributed by atoms with E-state index in [1.165, 1.54) is 25.3 Å². The van der Waals surface area contributed by atoms with Crippen LogP contribution >= 0.6 is 0 Å². The second-order valence-electron chi connectivity index (χ2n) is 11.0. The molecule has 1 saturated heterocycles. The van der Waals surface area contributed by atoms with Gasteiger partial charge in [0.05, 0.1) is 58.5 Å². The van der Waals surface area contributed by atoms with E-state index in [1.807, 2.05) is 20.8 Å². The van der Waals surface area contributed by atoms with E-state index < -0.39 is 22.8 Å². The minimum Gasteiger partial charge on any atom is -0.466 e. The summed E-state index contributed by atoms with van der Waals surface area (Å²) in [6.07, 6.45) is 2.70. The number of esters is 2. The Kier molecular flexibility index (Phi) is 9.72. The van der Waals surface area contributed by atoms with Crippen LogP contribution in [0.1, 0.15) is 67.4 Å². The third-order valence-corrected chi connectivity index (χ3v) is 8.22. The fourth-order valence-corrected chi connectivity index (χ4v) is 5.75. The zero-order chi connectivity index (χ0) is 30.6. The number of carbonyl (C=O) groups is 2. The molecule has 1 aromatic carbocycles. The van der Waals surface area contributed by atoms with Crippen molar-refractivity contribution in [3.8, 4) is 0 Å². The highest BCUT2D eigenvalue weighted by Gasteiger charge is 2.38. The van der Waals surface area contributed by atoms with Gasteiger partial charge in [0.1, 0.15) is 0 Å². The Balaban J connectivity index is 1.40. The minimum absolute atomic E-state index is 0.135. The van der Waals surface area contributed by atoms with Crippen molar-refractivity contribution in [3.63, 3.8) is 0 Å². The number of hydrogen-bond donors (Lipinski definition) is 1. The van der Waals surface area contributed by atoms with Gasteiger partial charge >= 0.3 is 11.9 Å². The minimum atomic E-state index is -0.869. The molecule has 0 saturated carbocycles. The van der Waals surface area contributed by atoms with Crippen molar-refractivity contribution < 1.29 is 24.0 Å². The summed E-state index contributed by atoms with van der Waals surface area (Å²) < 4.78 is 10.8. The second-order valence-corrected chi connectivity index (χ2v) is 11.0. The second kappa shape index (κ2) is 13.2. The Morgan fingerprint density at radius 2 is 1.64 bits per heavy atom. The highest BCUT2D eigenvalue weighted by Crippen LogP contribution is 2.40. The fourth-order valence-electron chi connectivity index (χ4n) is 5.75. The monoisotopic (exact) mass is 577 g/mol. The van der Waals surface area contributed by atoms with Crippen molar-refractivity contribution in [1.29, 1.82) is 0 Å². The van der Waals surface area contributed by atoms with Crippen molar-refractivity contribution in [2.24, 2.45) is 5.92 Å². The largest absolute Gasteiger partial charge is 0.466 e.